The van der Waals surface area contributed by atoms with E-state index in [1.807, 2.05) is 12.1 Å². The Morgan fingerprint density at radius 3 is 2.46 bits per heavy atom. The molecule has 2 aliphatic carbocycles. The van der Waals surface area contributed by atoms with E-state index in [9.17, 15) is 4.39 Å². The lowest BCUT2D eigenvalue weighted by Crippen LogP contribution is -2.19. The van der Waals surface area contributed by atoms with E-state index >= 15 is 0 Å². The fourth-order valence-corrected chi connectivity index (χ4v) is 5.36. The Balaban J connectivity index is 1.56. The van der Waals surface area contributed by atoms with Crippen molar-refractivity contribution in [1.82, 2.24) is 0 Å². The SMILES string of the molecule is [B]c1ccc(C2=CC(F)=C(C(C)CCC(C)C3CCC([B])CC3)CC2)s1. The van der Waals surface area contributed by atoms with Crippen LogP contribution in [0.25, 0.3) is 5.57 Å². The van der Waals surface area contributed by atoms with Crippen molar-refractivity contribution in [2.45, 2.75) is 71.0 Å². The van der Waals surface area contributed by atoms with Gasteiger partial charge in [0.15, 0.2) is 0 Å². The first-order valence-electron chi connectivity index (χ1n) is 10.1. The summed E-state index contributed by atoms with van der Waals surface area (Å²) in [6.45, 7) is 4.57. The molecule has 0 nitrogen and oxygen atoms in total. The molecule has 136 valence electrons. The Kier molecular flexibility index (Phi) is 6.88. The van der Waals surface area contributed by atoms with E-state index in [4.69, 9.17) is 15.7 Å². The first-order chi connectivity index (χ1) is 12.4. The van der Waals surface area contributed by atoms with E-state index in [2.05, 4.69) is 13.8 Å². The highest BCUT2D eigenvalue weighted by Gasteiger charge is 2.25. The zero-order valence-corrected chi connectivity index (χ0v) is 17.0. The molecule has 4 radical (unpaired) electrons. The van der Waals surface area contributed by atoms with Gasteiger partial charge in [-0.05, 0) is 71.5 Å². The van der Waals surface area contributed by atoms with Crippen LogP contribution in [0.4, 0.5) is 4.39 Å². The average Bonchev–Trinajstić information content (AvgIpc) is 3.06. The monoisotopic (exact) mass is 366 g/mol. The minimum absolute atomic E-state index is 0.0120. The van der Waals surface area contributed by atoms with Gasteiger partial charge in [-0.25, -0.2) is 4.39 Å². The van der Waals surface area contributed by atoms with E-state index in [1.54, 1.807) is 17.4 Å². The van der Waals surface area contributed by atoms with Crippen LogP contribution >= 0.6 is 11.3 Å². The fourth-order valence-electron chi connectivity index (χ4n) is 4.54. The Hall–Kier alpha value is -0.760. The van der Waals surface area contributed by atoms with E-state index in [1.165, 1.54) is 32.1 Å². The number of allylic oxidation sites excluding steroid dienone is 4. The van der Waals surface area contributed by atoms with Crippen molar-refractivity contribution in [1.29, 1.82) is 0 Å². The Morgan fingerprint density at radius 1 is 1.12 bits per heavy atom. The molecule has 4 heteroatoms. The molecule has 0 aromatic carbocycles. The molecule has 0 bridgehead atoms. The van der Waals surface area contributed by atoms with Gasteiger partial charge in [0.2, 0.25) is 0 Å². The summed E-state index contributed by atoms with van der Waals surface area (Å²) in [5.74, 6) is 2.26. The van der Waals surface area contributed by atoms with Crippen LogP contribution in [-0.2, 0) is 0 Å². The predicted molar refractivity (Wildman–Crippen MR) is 114 cm³/mol. The maximum absolute atomic E-state index is 14.7. The lowest BCUT2D eigenvalue weighted by Gasteiger charge is -2.32. The average molecular weight is 366 g/mol. The molecule has 0 saturated heterocycles. The van der Waals surface area contributed by atoms with Gasteiger partial charge in [-0.1, -0.05) is 51.4 Å². The maximum atomic E-state index is 14.7. The summed E-state index contributed by atoms with van der Waals surface area (Å²) in [5, 5.41) is 0. The molecule has 1 saturated carbocycles. The standard InChI is InChI=1S/C22H29B2FS/c1-14(16-5-8-18(23)9-6-16)3-4-15(2)19-10-7-17(13-20(19)25)21-11-12-22(24)26-21/h11-16,18H,3-10H2,1-2H3. The number of thiophene rings is 1. The van der Waals surface area contributed by atoms with Crippen molar-refractivity contribution in [2.24, 2.45) is 17.8 Å². The van der Waals surface area contributed by atoms with Crippen LogP contribution < -0.4 is 4.78 Å². The van der Waals surface area contributed by atoms with Crippen molar-refractivity contribution in [3.05, 3.63) is 34.5 Å². The van der Waals surface area contributed by atoms with Crippen LogP contribution in [0.1, 0.15) is 70.1 Å². The summed E-state index contributed by atoms with van der Waals surface area (Å²) >= 11 is 1.55. The number of hydrogen-bond donors (Lipinski definition) is 0. The molecular weight excluding hydrogens is 337 g/mol. The lowest BCUT2D eigenvalue weighted by atomic mass is 9.68. The molecule has 1 heterocycles. The summed E-state index contributed by atoms with van der Waals surface area (Å²) in [4.78, 5) is 1.11. The third-order valence-corrected chi connectivity index (χ3v) is 7.48. The molecular formula is C22H29B2FS. The van der Waals surface area contributed by atoms with Crippen molar-refractivity contribution in [3.63, 3.8) is 0 Å². The van der Waals surface area contributed by atoms with E-state index in [0.29, 0.717) is 11.7 Å². The number of hydrogen-bond acceptors (Lipinski definition) is 1. The third-order valence-electron chi connectivity index (χ3n) is 6.49. The highest BCUT2D eigenvalue weighted by atomic mass is 32.1. The summed E-state index contributed by atoms with van der Waals surface area (Å²) in [7, 11) is 11.8. The van der Waals surface area contributed by atoms with Crippen molar-refractivity contribution in [2.75, 3.05) is 0 Å². The zero-order valence-electron chi connectivity index (χ0n) is 16.1. The summed E-state index contributed by atoms with van der Waals surface area (Å²) in [5.41, 5.74) is 2.10. The second kappa shape index (κ2) is 8.95. The molecule has 0 N–H and O–H groups in total. The van der Waals surface area contributed by atoms with Crippen LogP contribution in [0, 0.1) is 17.8 Å². The second-order valence-corrected chi connectivity index (χ2v) is 9.49. The molecule has 26 heavy (non-hydrogen) atoms. The molecule has 1 aromatic heterocycles. The molecule has 0 aliphatic heterocycles. The Labute approximate surface area is 165 Å². The van der Waals surface area contributed by atoms with Gasteiger partial charge in [0.1, 0.15) is 13.7 Å². The highest BCUT2D eigenvalue weighted by Crippen LogP contribution is 2.40. The van der Waals surface area contributed by atoms with Crippen LogP contribution in [0.15, 0.2) is 29.6 Å². The molecule has 3 rings (SSSR count). The molecule has 1 aromatic rings. The Bertz CT molecular complexity index is 667. The summed E-state index contributed by atoms with van der Waals surface area (Å²) < 4.78 is 15.5. The Morgan fingerprint density at radius 2 is 1.85 bits per heavy atom. The first kappa shape index (κ1) is 20.0. The van der Waals surface area contributed by atoms with Crippen LogP contribution in [0.2, 0.25) is 5.82 Å². The normalized spacial score (nSPS) is 26.5. The minimum Gasteiger partial charge on any atom is -0.207 e. The van der Waals surface area contributed by atoms with E-state index in [-0.39, 0.29) is 5.83 Å². The first-order valence-corrected chi connectivity index (χ1v) is 11.0. The minimum atomic E-state index is -0.0120. The van der Waals surface area contributed by atoms with Crippen LogP contribution in [-0.4, -0.2) is 15.7 Å². The van der Waals surface area contributed by atoms with Crippen LogP contribution in [0.3, 0.4) is 0 Å². The molecule has 0 amide bonds. The van der Waals surface area contributed by atoms with Gasteiger partial charge in [-0.3, -0.25) is 0 Å². The number of rotatable bonds is 6. The molecule has 2 atom stereocenters. The van der Waals surface area contributed by atoms with Gasteiger partial charge in [0.25, 0.3) is 0 Å². The number of halogens is 1. The maximum Gasteiger partial charge on any atom is 0.128 e. The molecule has 0 spiro atoms. The predicted octanol–water partition coefficient (Wildman–Crippen LogP) is 6.14. The summed E-state index contributed by atoms with van der Waals surface area (Å²) in [6, 6.07) is 3.91. The second-order valence-electron chi connectivity index (χ2n) is 8.38. The van der Waals surface area contributed by atoms with Gasteiger partial charge in [-0.2, -0.15) is 11.3 Å². The van der Waals surface area contributed by atoms with Crippen LogP contribution in [0.5, 0.6) is 0 Å². The van der Waals surface area contributed by atoms with E-state index < -0.39 is 0 Å². The largest absolute Gasteiger partial charge is 0.207 e. The van der Waals surface area contributed by atoms with Gasteiger partial charge in [0.05, 0.1) is 7.85 Å². The molecule has 2 unspecified atom stereocenters. The molecule has 1 fully saturated rings. The summed E-state index contributed by atoms with van der Waals surface area (Å²) in [6.07, 6.45) is 10.7. The topological polar surface area (TPSA) is 0 Å². The highest BCUT2D eigenvalue weighted by molar-refractivity contribution is 7.20. The van der Waals surface area contributed by atoms with E-state index in [0.717, 1.165) is 51.9 Å². The van der Waals surface area contributed by atoms with Crippen molar-refractivity contribution in [3.8, 4) is 0 Å². The third kappa shape index (κ3) is 4.94. The van der Waals surface area contributed by atoms with Gasteiger partial charge in [-0.15, -0.1) is 0 Å². The van der Waals surface area contributed by atoms with Gasteiger partial charge >= 0.3 is 0 Å². The smallest absolute Gasteiger partial charge is 0.128 e. The van der Waals surface area contributed by atoms with Gasteiger partial charge in [0, 0.05) is 4.88 Å². The zero-order chi connectivity index (χ0) is 18.7. The lowest BCUT2D eigenvalue weighted by molar-refractivity contribution is 0.243. The molecule has 2 aliphatic rings. The quantitative estimate of drug-likeness (QED) is 0.531. The fraction of sp³-hybridized carbons (Fsp3) is 0.636. The van der Waals surface area contributed by atoms with Gasteiger partial charge < -0.3 is 0 Å². The van der Waals surface area contributed by atoms with Crippen molar-refractivity contribution < 1.29 is 4.39 Å². The van der Waals surface area contributed by atoms with Crippen molar-refractivity contribution >= 4 is 37.4 Å².